The fourth-order valence-electron chi connectivity index (χ4n) is 3.54. The van der Waals surface area contributed by atoms with Crippen molar-refractivity contribution in [2.24, 2.45) is 0 Å². The molecule has 11 heteroatoms. The van der Waals surface area contributed by atoms with E-state index in [9.17, 15) is 19.5 Å². The van der Waals surface area contributed by atoms with Crippen molar-refractivity contribution in [2.75, 3.05) is 48.0 Å². The van der Waals surface area contributed by atoms with E-state index in [0.29, 0.717) is 22.8 Å². The van der Waals surface area contributed by atoms with Crippen molar-refractivity contribution >= 4 is 23.5 Å². The van der Waals surface area contributed by atoms with Crippen LogP contribution in [0.2, 0.25) is 0 Å². The summed E-state index contributed by atoms with van der Waals surface area (Å²) in [7, 11) is 8.35. The number of carboxylic acids is 1. The number of methoxy groups -OCH3 is 6. The SMILES string of the molecule is COC(=O)c1cc(OC)c(OC)cc1NC(=O)C[C@@H](CC(=O)O)c1cc(OC)c(OC)c(OC)c1. The number of benzene rings is 2. The third-order valence-corrected chi connectivity index (χ3v) is 5.21. The number of amides is 1. The van der Waals surface area contributed by atoms with Gasteiger partial charge in [-0.05, 0) is 17.7 Å². The van der Waals surface area contributed by atoms with Gasteiger partial charge in [0.2, 0.25) is 11.7 Å². The van der Waals surface area contributed by atoms with Crippen LogP contribution >= 0.6 is 0 Å². The molecule has 1 atom stereocenters. The minimum Gasteiger partial charge on any atom is -0.493 e. The van der Waals surface area contributed by atoms with Crippen LogP contribution in [0.4, 0.5) is 5.69 Å². The number of aliphatic carboxylic acids is 1. The quantitative estimate of drug-likeness (QED) is 0.426. The van der Waals surface area contributed by atoms with E-state index < -0.39 is 23.8 Å². The molecule has 0 fully saturated rings. The highest BCUT2D eigenvalue weighted by molar-refractivity contribution is 6.02. The van der Waals surface area contributed by atoms with Gasteiger partial charge in [-0.25, -0.2) is 4.79 Å². The number of carboxylic acid groups (broad SMARTS) is 1. The molecule has 35 heavy (non-hydrogen) atoms. The first-order chi connectivity index (χ1) is 16.7. The lowest BCUT2D eigenvalue weighted by molar-refractivity contribution is -0.137. The van der Waals surface area contributed by atoms with Gasteiger partial charge < -0.3 is 38.8 Å². The normalized spacial score (nSPS) is 11.1. The van der Waals surface area contributed by atoms with Crippen LogP contribution in [-0.4, -0.2) is 65.6 Å². The number of rotatable bonds is 12. The van der Waals surface area contributed by atoms with Crippen LogP contribution in [-0.2, 0) is 14.3 Å². The number of anilines is 1. The van der Waals surface area contributed by atoms with Crippen molar-refractivity contribution in [1.82, 2.24) is 0 Å². The van der Waals surface area contributed by atoms with Gasteiger partial charge in [-0.15, -0.1) is 0 Å². The number of hydrogen-bond acceptors (Lipinski definition) is 9. The first kappa shape index (κ1) is 27.1. The zero-order valence-corrected chi connectivity index (χ0v) is 20.4. The van der Waals surface area contributed by atoms with Crippen LogP contribution in [0.3, 0.4) is 0 Å². The minimum absolute atomic E-state index is 0.0427. The number of ether oxygens (including phenoxy) is 6. The van der Waals surface area contributed by atoms with Gasteiger partial charge in [0.1, 0.15) is 0 Å². The average Bonchev–Trinajstić information content (AvgIpc) is 2.86. The molecule has 2 aromatic carbocycles. The molecule has 0 heterocycles. The van der Waals surface area contributed by atoms with Gasteiger partial charge in [0.05, 0.1) is 60.3 Å². The first-order valence-corrected chi connectivity index (χ1v) is 10.4. The Morgan fingerprint density at radius 2 is 1.31 bits per heavy atom. The molecule has 0 aliphatic heterocycles. The molecule has 2 N–H and O–H groups in total. The van der Waals surface area contributed by atoms with E-state index in [1.807, 2.05) is 0 Å². The van der Waals surface area contributed by atoms with Gasteiger partial charge in [-0.2, -0.15) is 0 Å². The maximum Gasteiger partial charge on any atom is 0.340 e. The summed E-state index contributed by atoms with van der Waals surface area (Å²) in [6, 6.07) is 6.00. The van der Waals surface area contributed by atoms with E-state index in [1.54, 1.807) is 12.1 Å². The topological polar surface area (TPSA) is 139 Å². The summed E-state index contributed by atoms with van der Waals surface area (Å²) in [6.45, 7) is 0. The molecule has 190 valence electrons. The zero-order chi connectivity index (χ0) is 26.1. The highest BCUT2D eigenvalue weighted by Gasteiger charge is 2.25. The third-order valence-electron chi connectivity index (χ3n) is 5.21. The maximum absolute atomic E-state index is 13.0. The van der Waals surface area contributed by atoms with Crippen LogP contribution in [0.1, 0.15) is 34.7 Å². The predicted molar refractivity (Wildman–Crippen MR) is 125 cm³/mol. The van der Waals surface area contributed by atoms with Gasteiger partial charge >= 0.3 is 11.9 Å². The first-order valence-electron chi connectivity index (χ1n) is 10.4. The van der Waals surface area contributed by atoms with Crippen molar-refractivity contribution in [3.63, 3.8) is 0 Å². The Morgan fingerprint density at radius 3 is 1.77 bits per heavy atom. The van der Waals surface area contributed by atoms with E-state index in [-0.39, 0.29) is 35.6 Å². The minimum atomic E-state index is -1.10. The Balaban J connectivity index is 2.43. The molecule has 0 saturated heterocycles. The average molecular weight is 491 g/mol. The molecule has 11 nitrogen and oxygen atoms in total. The summed E-state index contributed by atoms with van der Waals surface area (Å²) in [5.41, 5.74) is 0.664. The Hall–Kier alpha value is -4.15. The van der Waals surface area contributed by atoms with Crippen LogP contribution in [0.15, 0.2) is 24.3 Å². The lowest BCUT2D eigenvalue weighted by Crippen LogP contribution is -2.20. The molecule has 0 spiro atoms. The monoisotopic (exact) mass is 491 g/mol. The van der Waals surface area contributed by atoms with Gasteiger partial charge in [0, 0.05) is 24.5 Å². The Bertz CT molecular complexity index is 1060. The smallest absolute Gasteiger partial charge is 0.340 e. The number of esters is 1. The lowest BCUT2D eigenvalue weighted by Gasteiger charge is -2.20. The van der Waals surface area contributed by atoms with Gasteiger partial charge in [-0.3, -0.25) is 9.59 Å². The molecule has 1 amide bonds. The summed E-state index contributed by atoms with van der Waals surface area (Å²) in [5.74, 6) is -1.55. The summed E-state index contributed by atoms with van der Waals surface area (Å²) < 4.78 is 31.3. The highest BCUT2D eigenvalue weighted by atomic mass is 16.5. The van der Waals surface area contributed by atoms with Crippen molar-refractivity contribution in [3.05, 3.63) is 35.4 Å². The van der Waals surface area contributed by atoms with Crippen LogP contribution in [0.25, 0.3) is 0 Å². The van der Waals surface area contributed by atoms with Crippen molar-refractivity contribution in [3.8, 4) is 28.7 Å². The Morgan fingerprint density at radius 1 is 0.771 bits per heavy atom. The number of carbonyl (C=O) groups is 3. The Labute approximate surface area is 202 Å². The van der Waals surface area contributed by atoms with Gasteiger partial charge in [0.25, 0.3) is 0 Å². The summed E-state index contributed by atoms with van der Waals surface area (Å²) in [4.78, 5) is 36.9. The second kappa shape index (κ2) is 12.4. The van der Waals surface area contributed by atoms with Crippen LogP contribution < -0.4 is 29.0 Å². The van der Waals surface area contributed by atoms with Gasteiger partial charge in [0.15, 0.2) is 23.0 Å². The predicted octanol–water partition coefficient (Wildman–Crippen LogP) is 3.10. The summed E-state index contributed by atoms with van der Waals surface area (Å²) in [5, 5.41) is 12.1. The fourth-order valence-corrected chi connectivity index (χ4v) is 3.54. The van der Waals surface area contributed by atoms with E-state index in [0.717, 1.165) is 0 Å². The lowest BCUT2D eigenvalue weighted by atomic mass is 9.91. The largest absolute Gasteiger partial charge is 0.493 e. The molecule has 2 aromatic rings. The number of carbonyl (C=O) groups excluding carboxylic acids is 2. The molecule has 0 aliphatic carbocycles. The molecular weight excluding hydrogens is 462 g/mol. The molecule has 0 bridgehead atoms. The van der Waals surface area contributed by atoms with Crippen LogP contribution in [0, 0.1) is 0 Å². The molecule has 2 rings (SSSR count). The molecule has 0 radical (unpaired) electrons. The summed E-state index contributed by atoms with van der Waals surface area (Å²) >= 11 is 0. The second-order valence-electron chi connectivity index (χ2n) is 7.25. The standard InChI is InChI=1S/C24H29NO10/c1-30-17-11-15(24(29)35-6)16(12-18(17)31-2)25-21(26)9-14(10-22(27)28)13-7-19(32-3)23(34-5)20(8-13)33-4/h7-8,11-12,14H,9-10H2,1-6H3,(H,25,26)(H,27,28)/t14-/m0/s1. The van der Waals surface area contributed by atoms with E-state index >= 15 is 0 Å². The zero-order valence-electron chi connectivity index (χ0n) is 20.4. The van der Waals surface area contributed by atoms with Gasteiger partial charge in [-0.1, -0.05) is 0 Å². The number of nitrogens with one attached hydrogen (secondary N) is 1. The van der Waals surface area contributed by atoms with Crippen molar-refractivity contribution < 1.29 is 47.9 Å². The molecule has 0 saturated carbocycles. The summed E-state index contributed by atoms with van der Waals surface area (Å²) in [6.07, 6.45) is -0.568. The van der Waals surface area contributed by atoms with Crippen molar-refractivity contribution in [1.29, 1.82) is 0 Å². The molecule has 0 unspecified atom stereocenters. The van der Waals surface area contributed by atoms with E-state index in [2.05, 4.69) is 5.32 Å². The highest BCUT2D eigenvalue weighted by Crippen LogP contribution is 2.41. The molecule has 0 aliphatic rings. The number of hydrogen-bond donors (Lipinski definition) is 2. The maximum atomic E-state index is 13.0. The second-order valence-corrected chi connectivity index (χ2v) is 7.25. The molecular formula is C24H29NO10. The van der Waals surface area contributed by atoms with Crippen molar-refractivity contribution in [2.45, 2.75) is 18.8 Å². The van der Waals surface area contributed by atoms with E-state index in [4.69, 9.17) is 28.4 Å². The van der Waals surface area contributed by atoms with E-state index in [1.165, 1.54) is 54.8 Å². The third kappa shape index (κ3) is 6.46. The molecule has 0 aromatic heterocycles. The fraction of sp³-hybridized carbons (Fsp3) is 0.375. The van der Waals surface area contributed by atoms with Crippen LogP contribution in [0.5, 0.6) is 28.7 Å². The Kier molecular flexibility index (Phi) is 9.56.